The van der Waals surface area contributed by atoms with Crippen molar-refractivity contribution < 1.29 is 4.74 Å². The number of hydrogen-bond donors (Lipinski definition) is 1. The smallest absolute Gasteiger partial charge is 0.243 e. The van der Waals surface area contributed by atoms with Crippen molar-refractivity contribution in [3.05, 3.63) is 23.4 Å². The summed E-state index contributed by atoms with van der Waals surface area (Å²) in [6, 6.07) is 3.63. The molecule has 17 heavy (non-hydrogen) atoms. The Labute approximate surface area is 105 Å². The van der Waals surface area contributed by atoms with Crippen molar-refractivity contribution in [2.45, 2.75) is 6.92 Å². The van der Waals surface area contributed by atoms with Gasteiger partial charge in [0.25, 0.3) is 0 Å². The molecular weight excluding hydrogens is 240 g/mol. The predicted molar refractivity (Wildman–Crippen MR) is 67.5 cm³/mol. The summed E-state index contributed by atoms with van der Waals surface area (Å²) in [6.45, 7) is 3.59. The second kappa shape index (κ2) is 5.33. The van der Waals surface area contributed by atoms with Crippen LogP contribution in [0.25, 0.3) is 5.65 Å². The molecule has 2 aromatic rings. The highest BCUT2D eigenvalue weighted by Crippen LogP contribution is 2.11. The first-order chi connectivity index (χ1) is 8.19. The van der Waals surface area contributed by atoms with E-state index in [0.29, 0.717) is 23.5 Å². The Kier molecular flexibility index (Phi) is 3.81. The van der Waals surface area contributed by atoms with E-state index in [1.165, 1.54) is 0 Å². The molecule has 6 heteroatoms. The van der Waals surface area contributed by atoms with Crippen LogP contribution in [0.15, 0.2) is 18.3 Å². The third-order valence-electron chi connectivity index (χ3n) is 2.35. The van der Waals surface area contributed by atoms with Gasteiger partial charge in [-0.1, -0.05) is 18.5 Å². The van der Waals surface area contributed by atoms with Gasteiger partial charge in [-0.2, -0.15) is 4.98 Å². The molecule has 0 bridgehead atoms. The molecule has 0 aromatic carbocycles. The maximum absolute atomic E-state index is 5.87. The van der Waals surface area contributed by atoms with Crippen LogP contribution in [0.3, 0.4) is 0 Å². The number of aromatic nitrogens is 3. The minimum Gasteiger partial charge on any atom is -0.384 e. The van der Waals surface area contributed by atoms with E-state index >= 15 is 0 Å². The van der Waals surface area contributed by atoms with Gasteiger partial charge in [0, 0.05) is 19.9 Å². The van der Waals surface area contributed by atoms with Crippen LogP contribution in [0.1, 0.15) is 6.92 Å². The van der Waals surface area contributed by atoms with Crippen LogP contribution in [-0.4, -0.2) is 34.9 Å². The maximum Gasteiger partial charge on any atom is 0.243 e. The van der Waals surface area contributed by atoms with E-state index in [1.807, 2.05) is 6.07 Å². The summed E-state index contributed by atoms with van der Waals surface area (Å²) < 4.78 is 6.72. The largest absolute Gasteiger partial charge is 0.384 e. The van der Waals surface area contributed by atoms with Crippen LogP contribution in [0, 0.1) is 5.92 Å². The highest BCUT2D eigenvalue weighted by molar-refractivity contribution is 6.30. The quantitative estimate of drug-likeness (QED) is 0.888. The van der Waals surface area contributed by atoms with Crippen molar-refractivity contribution in [2.24, 2.45) is 5.92 Å². The molecule has 0 saturated heterocycles. The van der Waals surface area contributed by atoms with Gasteiger partial charge in [-0.3, -0.25) is 0 Å². The summed E-state index contributed by atoms with van der Waals surface area (Å²) in [5.74, 6) is 1.02. The Morgan fingerprint density at radius 2 is 2.35 bits per heavy atom. The summed E-state index contributed by atoms with van der Waals surface area (Å²) in [5.41, 5.74) is 0.774. The Balaban J connectivity index is 2.04. The second-order valence-electron chi connectivity index (χ2n) is 4.03. The normalized spacial score (nSPS) is 12.9. The molecule has 1 atom stereocenters. The van der Waals surface area contributed by atoms with E-state index in [-0.39, 0.29) is 0 Å². The number of ether oxygens (including phenoxy) is 1. The number of fused-ring (bicyclic) bond motifs is 1. The van der Waals surface area contributed by atoms with E-state index in [1.54, 1.807) is 23.9 Å². The predicted octanol–water partition coefficient (Wildman–Crippen LogP) is 2.08. The number of halogens is 1. The monoisotopic (exact) mass is 254 g/mol. The van der Waals surface area contributed by atoms with Crippen molar-refractivity contribution in [3.8, 4) is 0 Å². The number of pyridine rings is 1. The number of methoxy groups -OCH3 is 1. The van der Waals surface area contributed by atoms with Crippen LogP contribution < -0.4 is 5.32 Å². The number of nitrogens with zero attached hydrogens (tertiary/aromatic N) is 3. The standard InChI is InChI=1S/C11H15ClN4O/c1-8(7-17-2)5-13-11-14-10-4-3-9(12)6-16(10)15-11/h3-4,6,8H,5,7H2,1-2H3,(H,13,15). The lowest BCUT2D eigenvalue weighted by molar-refractivity contribution is 0.164. The molecule has 1 N–H and O–H groups in total. The molecule has 0 fully saturated rings. The van der Waals surface area contributed by atoms with Gasteiger partial charge in [0.2, 0.25) is 5.95 Å². The number of nitrogens with one attached hydrogen (secondary N) is 1. The molecule has 1 unspecified atom stereocenters. The van der Waals surface area contributed by atoms with Crippen molar-refractivity contribution in [3.63, 3.8) is 0 Å². The highest BCUT2D eigenvalue weighted by atomic mass is 35.5. The molecule has 0 aliphatic rings. The fraction of sp³-hybridized carbons (Fsp3) is 0.455. The van der Waals surface area contributed by atoms with Crippen molar-refractivity contribution in [1.29, 1.82) is 0 Å². The number of anilines is 1. The Hall–Kier alpha value is -1.33. The minimum absolute atomic E-state index is 0.412. The number of rotatable bonds is 5. The topological polar surface area (TPSA) is 51.5 Å². The average Bonchev–Trinajstić information content (AvgIpc) is 2.68. The van der Waals surface area contributed by atoms with Crippen molar-refractivity contribution in [1.82, 2.24) is 14.6 Å². The van der Waals surface area contributed by atoms with Gasteiger partial charge in [0.05, 0.1) is 11.6 Å². The van der Waals surface area contributed by atoms with Gasteiger partial charge in [0.15, 0.2) is 5.65 Å². The molecular formula is C11H15ClN4O. The van der Waals surface area contributed by atoms with Gasteiger partial charge in [0.1, 0.15) is 0 Å². The van der Waals surface area contributed by atoms with E-state index in [9.17, 15) is 0 Å². The van der Waals surface area contributed by atoms with E-state index < -0.39 is 0 Å². The Morgan fingerprint density at radius 3 is 3.12 bits per heavy atom. The third-order valence-corrected chi connectivity index (χ3v) is 2.58. The Morgan fingerprint density at radius 1 is 1.53 bits per heavy atom. The molecule has 0 radical (unpaired) electrons. The third kappa shape index (κ3) is 3.08. The summed E-state index contributed by atoms with van der Waals surface area (Å²) in [5, 5.41) is 8.09. The van der Waals surface area contributed by atoms with E-state index in [0.717, 1.165) is 12.2 Å². The highest BCUT2D eigenvalue weighted by Gasteiger charge is 2.05. The first kappa shape index (κ1) is 12.1. The lowest BCUT2D eigenvalue weighted by Crippen LogP contribution is -2.16. The van der Waals surface area contributed by atoms with Crippen LogP contribution in [0.4, 0.5) is 5.95 Å². The molecule has 0 aliphatic heterocycles. The molecule has 2 heterocycles. The zero-order valence-corrected chi connectivity index (χ0v) is 10.6. The molecule has 2 aromatic heterocycles. The average molecular weight is 255 g/mol. The summed E-state index contributed by atoms with van der Waals surface area (Å²) in [6.07, 6.45) is 1.73. The van der Waals surface area contributed by atoms with E-state index in [4.69, 9.17) is 16.3 Å². The number of hydrogen-bond acceptors (Lipinski definition) is 4. The van der Waals surface area contributed by atoms with Gasteiger partial charge in [-0.25, -0.2) is 4.52 Å². The fourth-order valence-electron chi connectivity index (χ4n) is 1.54. The van der Waals surface area contributed by atoms with Crippen LogP contribution >= 0.6 is 11.6 Å². The minimum atomic E-state index is 0.412. The first-order valence-corrected chi connectivity index (χ1v) is 5.81. The van der Waals surface area contributed by atoms with Gasteiger partial charge >= 0.3 is 0 Å². The van der Waals surface area contributed by atoms with Crippen LogP contribution in [0.2, 0.25) is 5.02 Å². The Bertz CT molecular complexity index is 499. The summed E-state index contributed by atoms with van der Waals surface area (Å²) >= 11 is 5.87. The molecule has 0 amide bonds. The van der Waals surface area contributed by atoms with Gasteiger partial charge < -0.3 is 10.1 Å². The first-order valence-electron chi connectivity index (χ1n) is 5.44. The lowest BCUT2D eigenvalue weighted by Gasteiger charge is -2.09. The zero-order valence-electron chi connectivity index (χ0n) is 9.85. The lowest BCUT2D eigenvalue weighted by atomic mass is 10.2. The molecule has 0 saturated carbocycles. The molecule has 2 rings (SSSR count). The summed E-state index contributed by atoms with van der Waals surface area (Å²) in [7, 11) is 1.70. The SMILES string of the molecule is COCC(C)CNc1nc2ccc(Cl)cn2n1. The summed E-state index contributed by atoms with van der Waals surface area (Å²) in [4.78, 5) is 4.33. The van der Waals surface area contributed by atoms with E-state index in [2.05, 4.69) is 22.3 Å². The van der Waals surface area contributed by atoms with Crippen LogP contribution in [-0.2, 0) is 4.74 Å². The maximum atomic E-state index is 5.87. The second-order valence-corrected chi connectivity index (χ2v) is 4.46. The molecule has 92 valence electrons. The van der Waals surface area contributed by atoms with Gasteiger partial charge in [-0.05, 0) is 18.1 Å². The molecule has 0 spiro atoms. The van der Waals surface area contributed by atoms with Crippen molar-refractivity contribution in [2.75, 3.05) is 25.6 Å². The van der Waals surface area contributed by atoms with Crippen LogP contribution in [0.5, 0.6) is 0 Å². The fourth-order valence-corrected chi connectivity index (χ4v) is 1.70. The van der Waals surface area contributed by atoms with Gasteiger partial charge in [-0.15, -0.1) is 5.10 Å². The van der Waals surface area contributed by atoms with Crippen molar-refractivity contribution >= 4 is 23.2 Å². The molecule has 0 aliphatic carbocycles. The molecule has 5 nitrogen and oxygen atoms in total. The zero-order chi connectivity index (χ0) is 12.3.